The minimum atomic E-state index is -0.813. The minimum Gasteiger partial charge on any atom is -0.472 e. The summed E-state index contributed by atoms with van der Waals surface area (Å²) in [6.45, 7) is 4.36. The van der Waals surface area contributed by atoms with Gasteiger partial charge in [-0.1, -0.05) is 6.07 Å². The third-order valence-corrected chi connectivity index (χ3v) is 3.86. The van der Waals surface area contributed by atoms with Crippen molar-refractivity contribution in [2.45, 2.75) is 26.4 Å². The Balaban J connectivity index is 1.61. The largest absolute Gasteiger partial charge is 0.472 e. The number of nitrogens with one attached hydrogen (secondary N) is 1. The Morgan fingerprint density at radius 1 is 1.28 bits per heavy atom. The molecule has 0 aliphatic carbocycles. The Hall–Kier alpha value is -2.77. The van der Waals surface area contributed by atoms with Crippen LogP contribution in [0.5, 0.6) is 5.88 Å². The number of anilines is 1. The highest BCUT2D eigenvalue weighted by Crippen LogP contribution is 2.21. The molecule has 0 unspecified atom stereocenters. The van der Waals surface area contributed by atoms with Crippen molar-refractivity contribution < 1.29 is 18.3 Å². The highest BCUT2D eigenvalue weighted by atomic mass is 19.1. The lowest BCUT2D eigenvalue weighted by atomic mass is 10.3. The van der Waals surface area contributed by atoms with Gasteiger partial charge in [0.15, 0.2) is 0 Å². The van der Waals surface area contributed by atoms with Crippen LogP contribution in [0.15, 0.2) is 24.3 Å². The summed E-state index contributed by atoms with van der Waals surface area (Å²) in [5.41, 5.74) is 0.351. The summed E-state index contributed by atoms with van der Waals surface area (Å²) in [4.78, 5) is 22.1. The van der Waals surface area contributed by atoms with E-state index in [0.29, 0.717) is 31.2 Å². The Morgan fingerprint density at radius 3 is 2.68 bits per heavy atom. The van der Waals surface area contributed by atoms with Gasteiger partial charge in [-0.3, -0.25) is 0 Å². The van der Waals surface area contributed by atoms with Crippen LogP contribution in [0.2, 0.25) is 0 Å². The molecule has 1 N–H and O–H groups in total. The summed E-state index contributed by atoms with van der Waals surface area (Å²) in [5, 5.41) is 2.28. The second-order valence-corrected chi connectivity index (χ2v) is 5.90. The molecule has 1 fully saturated rings. The zero-order valence-corrected chi connectivity index (χ0v) is 13.9. The topological polar surface area (TPSA) is 67.3 Å². The number of amides is 2. The lowest BCUT2D eigenvalue weighted by Gasteiger charge is -2.18. The molecule has 0 radical (unpaired) electrons. The Bertz CT molecular complexity index is 760. The lowest BCUT2D eigenvalue weighted by Crippen LogP contribution is -2.35. The fraction of sp³-hybridized carbons (Fsp3) is 0.353. The van der Waals surface area contributed by atoms with E-state index in [1.807, 2.05) is 6.92 Å². The number of nitrogens with zero attached hydrogens (tertiary/aromatic N) is 3. The monoisotopic (exact) mass is 348 g/mol. The van der Waals surface area contributed by atoms with Crippen molar-refractivity contribution in [3.8, 4) is 5.88 Å². The Labute approximate surface area is 143 Å². The molecule has 25 heavy (non-hydrogen) atoms. The standard InChI is InChI=1S/C17H18F2N4O2/c1-10-8-15(21-11(2)20-10)25-12-6-7-23(9-12)17(24)22-16-13(18)4-3-5-14(16)19/h3-5,8,12H,6-7,9H2,1-2H3,(H,22,24)/t12-/m1/s1. The molecule has 2 amide bonds. The van der Waals surface area contributed by atoms with Crippen LogP contribution >= 0.6 is 0 Å². The number of hydrogen-bond donors (Lipinski definition) is 1. The quantitative estimate of drug-likeness (QED) is 0.926. The lowest BCUT2D eigenvalue weighted by molar-refractivity contribution is 0.189. The number of para-hydroxylation sites is 1. The SMILES string of the molecule is Cc1cc(O[C@@H]2CCN(C(=O)Nc3c(F)cccc3F)C2)nc(C)n1. The summed E-state index contributed by atoms with van der Waals surface area (Å²) >= 11 is 0. The van der Waals surface area contributed by atoms with Crippen LogP contribution in [-0.2, 0) is 0 Å². The van der Waals surface area contributed by atoms with Gasteiger partial charge in [0.05, 0.1) is 6.54 Å². The van der Waals surface area contributed by atoms with Crippen molar-refractivity contribution in [2.24, 2.45) is 0 Å². The molecular formula is C17H18F2N4O2. The molecule has 1 aliphatic rings. The average molecular weight is 348 g/mol. The third-order valence-electron chi connectivity index (χ3n) is 3.86. The van der Waals surface area contributed by atoms with Crippen LogP contribution in [0.3, 0.4) is 0 Å². The van der Waals surface area contributed by atoms with Gasteiger partial charge in [-0.05, 0) is 26.0 Å². The van der Waals surface area contributed by atoms with E-state index < -0.39 is 23.4 Å². The fourth-order valence-electron chi connectivity index (χ4n) is 2.73. The molecule has 1 atom stereocenters. The van der Waals surface area contributed by atoms with Crippen LogP contribution in [0, 0.1) is 25.5 Å². The van der Waals surface area contributed by atoms with Crippen LogP contribution in [-0.4, -0.2) is 40.1 Å². The summed E-state index contributed by atoms with van der Waals surface area (Å²) < 4.78 is 33.0. The first kappa shape index (κ1) is 17.1. The maximum absolute atomic E-state index is 13.6. The van der Waals surface area contributed by atoms with Crippen molar-refractivity contribution in [3.63, 3.8) is 0 Å². The summed E-state index contributed by atoms with van der Waals surface area (Å²) in [5.74, 6) is -0.561. The van der Waals surface area contributed by atoms with E-state index in [4.69, 9.17) is 4.74 Å². The molecule has 3 rings (SSSR count). The van der Waals surface area contributed by atoms with E-state index in [-0.39, 0.29) is 6.10 Å². The number of ether oxygens (including phenoxy) is 1. The van der Waals surface area contributed by atoms with Gasteiger partial charge in [-0.2, -0.15) is 4.98 Å². The molecule has 1 aromatic carbocycles. The summed E-state index contributed by atoms with van der Waals surface area (Å²) in [6, 6.07) is 4.59. The predicted octanol–water partition coefficient (Wildman–Crippen LogP) is 3.06. The van der Waals surface area contributed by atoms with Crippen molar-refractivity contribution in [1.82, 2.24) is 14.9 Å². The number of benzene rings is 1. The van der Waals surface area contributed by atoms with E-state index in [1.165, 1.54) is 11.0 Å². The summed E-state index contributed by atoms with van der Waals surface area (Å²) in [7, 11) is 0. The highest BCUT2D eigenvalue weighted by molar-refractivity contribution is 5.89. The van der Waals surface area contributed by atoms with Crippen molar-refractivity contribution in [2.75, 3.05) is 18.4 Å². The molecule has 1 saturated heterocycles. The number of rotatable bonds is 3. The van der Waals surface area contributed by atoms with Crippen molar-refractivity contribution >= 4 is 11.7 Å². The maximum atomic E-state index is 13.6. The molecule has 132 valence electrons. The van der Waals surface area contributed by atoms with E-state index in [0.717, 1.165) is 17.8 Å². The number of halogens is 2. The van der Waals surface area contributed by atoms with Crippen LogP contribution in [0.25, 0.3) is 0 Å². The van der Waals surface area contributed by atoms with Gasteiger partial charge in [0, 0.05) is 24.7 Å². The first-order chi connectivity index (χ1) is 11.9. The second kappa shape index (κ2) is 7.00. The van der Waals surface area contributed by atoms with E-state index >= 15 is 0 Å². The Morgan fingerprint density at radius 2 is 2.00 bits per heavy atom. The maximum Gasteiger partial charge on any atom is 0.322 e. The molecule has 1 aliphatic heterocycles. The van der Waals surface area contributed by atoms with Gasteiger partial charge in [0.1, 0.15) is 29.3 Å². The second-order valence-electron chi connectivity index (χ2n) is 5.90. The molecule has 0 spiro atoms. The number of carbonyl (C=O) groups is 1. The molecular weight excluding hydrogens is 330 g/mol. The normalized spacial score (nSPS) is 16.8. The smallest absolute Gasteiger partial charge is 0.322 e. The first-order valence-electron chi connectivity index (χ1n) is 7.91. The zero-order valence-electron chi connectivity index (χ0n) is 13.9. The van der Waals surface area contributed by atoms with Crippen LogP contribution < -0.4 is 10.1 Å². The van der Waals surface area contributed by atoms with Gasteiger partial charge in [0.2, 0.25) is 5.88 Å². The van der Waals surface area contributed by atoms with E-state index in [2.05, 4.69) is 15.3 Å². The predicted molar refractivity (Wildman–Crippen MR) is 87.5 cm³/mol. The number of urea groups is 1. The first-order valence-corrected chi connectivity index (χ1v) is 7.91. The molecule has 2 heterocycles. The summed E-state index contributed by atoms with van der Waals surface area (Å²) in [6.07, 6.45) is 0.375. The average Bonchev–Trinajstić information content (AvgIpc) is 2.98. The van der Waals surface area contributed by atoms with Crippen LogP contribution in [0.4, 0.5) is 19.3 Å². The zero-order chi connectivity index (χ0) is 18.0. The van der Waals surface area contributed by atoms with E-state index in [1.54, 1.807) is 13.0 Å². The number of likely N-dealkylation sites (tertiary alicyclic amines) is 1. The van der Waals surface area contributed by atoms with Gasteiger partial charge in [0.25, 0.3) is 0 Å². The van der Waals surface area contributed by atoms with Gasteiger partial charge in [-0.25, -0.2) is 18.6 Å². The van der Waals surface area contributed by atoms with Gasteiger partial charge in [-0.15, -0.1) is 0 Å². The molecule has 0 saturated carbocycles. The molecule has 2 aromatic rings. The van der Waals surface area contributed by atoms with E-state index in [9.17, 15) is 13.6 Å². The number of hydrogen-bond acceptors (Lipinski definition) is 4. The number of aromatic nitrogens is 2. The van der Waals surface area contributed by atoms with Crippen molar-refractivity contribution in [1.29, 1.82) is 0 Å². The number of aryl methyl sites for hydroxylation is 2. The minimum absolute atomic E-state index is 0.232. The Kier molecular flexibility index (Phi) is 4.78. The number of carbonyl (C=O) groups excluding carboxylic acids is 1. The third kappa shape index (κ3) is 4.01. The highest BCUT2D eigenvalue weighted by Gasteiger charge is 2.29. The molecule has 6 nitrogen and oxygen atoms in total. The fourth-order valence-corrected chi connectivity index (χ4v) is 2.73. The molecule has 8 heteroatoms. The van der Waals surface area contributed by atoms with Crippen molar-refractivity contribution in [3.05, 3.63) is 47.4 Å². The molecule has 0 bridgehead atoms. The van der Waals surface area contributed by atoms with Crippen LogP contribution in [0.1, 0.15) is 17.9 Å². The molecule has 1 aromatic heterocycles. The van der Waals surface area contributed by atoms with Gasteiger partial charge < -0.3 is 15.0 Å². The van der Waals surface area contributed by atoms with Gasteiger partial charge >= 0.3 is 6.03 Å².